The highest BCUT2D eigenvalue weighted by molar-refractivity contribution is 9.10. The molecule has 0 aliphatic carbocycles. The topological polar surface area (TPSA) is 65.8 Å². The van der Waals surface area contributed by atoms with Crippen LogP contribution in [0.1, 0.15) is 16.1 Å². The molecule has 2 rings (SSSR count). The molecule has 1 aromatic heterocycles. The Hall–Kier alpha value is -1.61. The lowest BCUT2D eigenvalue weighted by molar-refractivity contribution is 0.102. The van der Waals surface area contributed by atoms with E-state index in [9.17, 15) is 4.79 Å². The number of pyridine rings is 1. The van der Waals surface area contributed by atoms with Crippen molar-refractivity contribution in [2.75, 3.05) is 5.32 Å². The van der Waals surface area contributed by atoms with Crippen molar-refractivity contribution >= 4 is 50.7 Å². The molecule has 7 heteroatoms. The first kappa shape index (κ1) is 14.8. The van der Waals surface area contributed by atoms with Gasteiger partial charge >= 0.3 is 0 Å². The number of hydrogen-bond donors (Lipinski definition) is 1. The molecule has 0 bridgehead atoms. The summed E-state index contributed by atoms with van der Waals surface area (Å²) in [6, 6.07) is 9.88. The molecule has 1 N–H and O–H groups in total. The number of nitrogens with zero attached hydrogens (tertiary/aromatic N) is 2. The first-order valence-electron chi connectivity index (χ1n) is 5.34. The third-order valence-corrected chi connectivity index (χ3v) is 3.39. The number of halogens is 3. The molecule has 1 amide bonds. The maximum absolute atomic E-state index is 12.1. The van der Waals surface area contributed by atoms with E-state index in [4.69, 9.17) is 28.5 Å². The van der Waals surface area contributed by atoms with E-state index in [1.165, 1.54) is 12.1 Å². The summed E-state index contributed by atoms with van der Waals surface area (Å²) in [7, 11) is 0. The summed E-state index contributed by atoms with van der Waals surface area (Å²) in [6.07, 6.45) is 0. The summed E-state index contributed by atoms with van der Waals surface area (Å²) in [5.41, 5.74) is 0.701. The molecule has 1 aromatic carbocycles. The number of carbonyl (C=O) groups excluding carboxylic acids is 1. The average Bonchev–Trinajstić information content (AvgIpc) is 2.41. The summed E-state index contributed by atoms with van der Waals surface area (Å²) >= 11 is 14.9. The first-order valence-corrected chi connectivity index (χ1v) is 6.89. The Balaban J connectivity index is 2.35. The minimum absolute atomic E-state index is 0.00281. The zero-order valence-electron chi connectivity index (χ0n) is 9.82. The zero-order valence-corrected chi connectivity index (χ0v) is 12.9. The molecule has 0 unspecified atom stereocenters. The van der Waals surface area contributed by atoms with Crippen LogP contribution in [-0.2, 0) is 0 Å². The molecule has 0 saturated heterocycles. The van der Waals surface area contributed by atoms with E-state index >= 15 is 0 Å². The Kier molecular flexibility index (Phi) is 4.61. The number of benzene rings is 1. The van der Waals surface area contributed by atoms with Gasteiger partial charge in [0.05, 0.1) is 16.3 Å². The van der Waals surface area contributed by atoms with Crippen LogP contribution >= 0.6 is 39.1 Å². The Labute approximate surface area is 133 Å². The van der Waals surface area contributed by atoms with Crippen molar-refractivity contribution in [2.45, 2.75) is 0 Å². The highest BCUT2D eigenvalue weighted by Crippen LogP contribution is 2.23. The number of anilines is 1. The molecule has 20 heavy (non-hydrogen) atoms. The third-order valence-electron chi connectivity index (χ3n) is 2.38. The summed E-state index contributed by atoms with van der Waals surface area (Å²) in [5.74, 6) is -0.535. The lowest BCUT2D eigenvalue weighted by Gasteiger charge is -2.08. The van der Waals surface area contributed by atoms with Gasteiger partial charge < -0.3 is 5.32 Å². The van der Waals surface area contributed by atoms with Gasteiger partial charge in [-0.15, -0.1) is 0 Å². The fourth-order valence-electron chi connectivity index (χ4n) is 1.48. The Morgan fingerprint density at radius 3 is 2.75 bits per heavy atom. The molecule has 0 atom stereocenters. The molecule has 100 valence electrons. The number of rotatable bonds is 2. The van der Waals surface area contributed by atoms with E-state index in [-0.39, 0.29) is 15.9 Å². The van der Waals surface area contributed by atoms with Gasteiger partial charge in [-0.25, -0.2) is 4.98 Å². The Morgan fingerprint density at radius 1 is 1.30 bits per heavy atom. The van der Waals surface area contributed by atoms with E-state index in [1.807, 2.05) is 6.07 Å². The number of hydrogen-bond acceptors (Lipinski definition) is 3. The van der Waals surface area contributed by atoms with Crippen LogP contribution in [-0.4, -0.2) is 10.9 Å². The number of nitrogens with one attached hydrogen (secondary N) is 1. The van der Waals surface area contributed by atoms with E-state index in [2.05, 4.69) is 26.2 Å². The minimum atomic E-state index is -0.535. The summed E-state index contributed by atoms with van der Waals surface area (Å²) in [5, 5.41) is 11.9. The van der Waals surface area contributed by atoms with Gasteiger partial charge in [0.2, 0.25) is 0 Å². The monoisotopic (exact) mass is 369 g/mol. The smallest absolute Gasteiger partial charge is 0.275 e. The Morgan fingerprint density at radius 2 is 2.05 bits per heavy atom. The Bertz CT molecular complexity index is 728. The molecule has 2 aromatic rings. The van der Waals surface area contributed by atoms with Gasteiger partial charge in [0.15, 0.2) is 0 Å². The summed E-state index contributed by atoms with van der Waals surface area (Å²) < 4.78 is 0.733. The molecule has 0 saturated carbocycles. The number of amides is 1. The van der Waals surface area contributed by atoms with Crippen molar-refractivity contribution in [3.05, 3.63) is 56.2 Å². The number of nitriles is 1. The van der Waals surface area contributed by atoms with E-state index in [1.54, 1.807) is 18.2 Å². The van der Waals surface area contributed by atoms with Gasteiger partial charge in [-0.3, -0.25) is 4.79 Å². The van der Waals surface area contributed by atoms with Crippen molar-refractivity contribution in [3.63, 3.8) is 0 Å². The molecule has 4 nitrogen and oxygen atoms in total. The van der Waals surface area contributed by atoms with Crippen molar-refractivity contribution in [2.24, 2.45) is 0 Å². The van der Waals surface area contributed by atoms with Crippen LogP contribution in [0.5, 0.6) is 0 Å². The second kappa shape index (κ2) is 6.23. The van der Waals surface area contributed by atoms with Crippen molar-refractivity contribution in [3.8, 4) is 6.07 Å². The lowest BCUT2D eigenvalue weighted by atomic mass is 10.2. The predicted octanol–water partition coefficient (Wildman–Crippen LogP) is 4.27. The molecule has 0 aliphatic rings. The van der Waals surface area contributed by atoms with Crippen LogP contribution in [0.3, 0.4) is 0 Å². The van der Waals surface area contributed by atoms with Crippen molar-refractivity contribution < 1.29 is 4.79 Å². The summed E-state index contributed by atoms with van der Waals surface area (Å²) in [4.78, 5) is 16.0. The standard InChI is InChI=1S/C13H6BrCl2N3O/c14-8-2-1-7(6-17)10(5-8)18-13(20)12-9(15)3-4-11(16)19-12/h1-5H,(H,18,20). The van der Waals surface area contributed by atoms with Crippen molar-refractivity contribution in [1.29, 1.82) is 5.26 Å². The SMILES string of the molecule is N#Cc1ccc(Br)cc1NC(=O)c1nc(Cl)ccc1Cl. The molecule has 0 radical (unpaired) electrons. The zero-order chi connectivity index (χ0) is 14.7. The second-order valence-corrected chi connectivity index (χ2v) is 5.43. The quantitative estimate of drug-likeness (QED) is 0.802. The molecule has 0 spiro atoms. The van der Waals surface area contributed by atoms with Crippen LogP contribution in [0, 0.1) is 11.3 Å². The maximum atomic E-state index is 12.1. The average molecular weight is 371 g/mol. The normalized spacial score (nSPS) is 9.90. The molecule has 0 fully saturated rings. The first-order chi connectivity index (χ1) is 9.51. The summed E-state index contributed by atoms with van der Waals surface area (Å²) in [6.45, 7) is 0. The van der Waals surface area contributed by atoms with Gasteiger partial charge in [-0.1, -0.05) is 39.1 Å². The minimum Gasteiger partial charge on any atom is -0.319 e. The van der Waals surface area contributed by atoms with Crippen LogP contribution in [0.4, 0.5) is 5.69 Å². The second-order valence-electron chi connectivity index (χ2n) is 3.72. The van der Waals surface area contributed by atoms with Gasteiger partial charge in [0, 0.05) is 4.47 Å². The highest BCUT2D eigenvalue weighted by atomic mass is 79.9. The van der Waals surface area contributed by atoms with Crippen LogP contribution in [0.2, 0.25) is 10.2 Å². The predicted molar refractivity (Wildman–Crippen MR) is 81.1 cm³/mol. The fraction of sp³-hybridized carbons (Fsp3) is 0. The molecule has 0 aliphatic heterocycles. The highest BCUT2D eigenvalue weighted by Gasteiger charge is 2.15. The lowest BCUT2D eigenvalue weighted by Crippen LogP contribution is -2.15. The van der Waals surface area contributed by atoms with Gasteiger partial charge in [0.1, 0.15) is 16.9 Å². The molecular weight excluding hydrogens is 365 g/mol. The number of carbonyl (C=O) groups is 1. The maximum Gasteiger partial charge on any atom is 0.275 e. The van der Waals surface area contributed by atoms with E-state index in [0.29, 0.717) is 11.3 Å². The van der Waals surface area contributed by atoms with E-state index < -0.39 is 5.91 Å². The van der Waals surface area contributed by atoms with E-state index in [0.717, 1.165) is 4.47 Å². The van der Waals surface area contributed by atoms with Gasteiger partial charge in [0.25, 0.3) is 5.91 Å². The third kappa shape index (κ3) is 3.28. The number of aromatic nitrogens is 1. The van der Waals surface area contributed by atoms with Crippen LogP contribution in [0.15, 0.2) is 34.8 Å². The molecule has 1 heterocycles. The van der Waals surface area contributed by atoms with Crippen LogP contribution in [0.25, 0.3) is 0 Å². The fourth-order valence-corrected chi connectivity index (χ4v) is 2.18. The van der Waals surface area contributed by atoms with Crippen molar-refractivity contribution in [1.82, 2.24) is 4.98 Å². The van der Waals surface area contributed by atoms with Crippen LogP contribution < -0.4 is 5.32 Å². The van der Waals surface area contributed by atoms with Gasteiger partial charge in [-0.05, 0) is 30.3 Å². The largest absolute Gasteiger partial charge is 0.319 e. The van der Waals surface area contributed by atoms with Gasteiger partial charge in [-0.2, -0.15) is 5.26 Å². The molecular formula is C13H6BrCl2N3O.